The summed E-state index contributed by atoms with van der Waals surface area (Å²) >= 11 is 4.56. The summed E-state index contributed by atoms with van der Waals surface area (Å²) in [5.74, 6) is 1.59. The Morgan fingerprint density at radius 3 is 2.08 bits per heavy atom. The highest BCUT2D eigenvalue weighted by Gasteiger charge is 2.07. The molecule has 0 radical (unpaired) electrons. The summed E-state index contributed by atoms with van der Waals surface area (Å²) in [6.07, 6.45) is 7.42. The van der Waals surface area contributed by atoms with E-state index in [2.05, 4.69) is 66.3 Å². The quantitative estimate of drug-likeness (QED) is 0.165. The number of hydrogen-bond acceptors (Lipinski definition) is 6. The third-order valence-electron chi connectivity index (χ3n) is 4.69. The minimum absolute atomic E-state index is 0. The number of fused-ring (bicyclic) bond motifs is 2. The van der Waals surface area contributed by atoms with E-state index in [-0.39, 0.29) is 12.3 Å². The summed E-state index contributed by atoms with van der Waals surface area (Å²) in [7, 11) is 6.78. The second kappa shape index (κ2) is 13.4. The molecule has 1 aromatic carbocycles. The van der Waals surface area contributed by atoms with Crippen LogP contribution in [0.15, 0.2) is 72.1 Å². The predicted octanol–water partition coefficient (Wildman–Crippen LogP) is 6.61. The highest BCUT2D eigenvalue weighted by molar-refractivity contribution is 14.1. The Morgan fingerprint density at radius 2 is 1.53 bits per heavy atom. The van der Waals surface area contributed by atoms with Gasteiger partial charge in [-0.1, -0.05) is 25.6 Å². The molecule has 0 aliphatic heterocycles. The molecule has 36 heavy (non-hydrogen) atoms. The maximum absolute atomic E-state index is 10.6. The molecule has 0 spiro atoms. The first kappa shape index (κ1) is 30.1. The van der Waals surface area contributed by atoms with E-state index in [4.69, 9.17) is 20.2 Å². The Balaban J connectivity index is 0.000000189. The summed E-state index contributed by atoms with van der Waals surface area (Å²) in [5, 5.41) is 2.25. The number of aryl methyl sites for hydroxylation is 1. The lowest BCUT2D eigenvalue weighted by molar-refractivity contribution is 0.413. The summed E-state index contributed by atoms with van der Waals surface area (Å²) < 4.78 is 35.7. The van der Waals surface area contributed by atoms with Crippen molar-refractivity contribution in [1.29, 1.82) is 0 Å². The van der Waals surface area contributed by atoms with Crippen molar-refractivity contribution in [2.24, 2.45) is 7.05 Å². The van der Waals surface area contributed by atoms with Gasteiger partial charge in [0.25, 0.3) is 9.05 Å². The van der Waals surface area contributed by atoms with E-state index in [0.29, 0.717) is 0 Å². The molecular weight excluding hydrogens is 730 g/mol. The zero-order chi connectivity index (χ0) is 25.6. The number of benzene rings is 1. The fourth-order valence-electron chi connectivity index (χ4n) is 2.95. The Labute approximate surface area is 242 Å². The van der Waals surface area contributed by atoms with Gasteiger partial charge < -0.3 is 19.0 Å². The van der Waals surface area contributed by atoms with Crippen LogP contribution in [0.1, 0.15) is 7.43 Å². The first-order valence-corrected chi connectivity index (χ1v) is 14.4. The van der Waals surface area contributed by atoms with Crippen molar-refractivity contribution in [1.82, 2.24) is 19.5 Å². The van der Waals surface area contributed by atoms with E-state index in [9.17, 15) is 8.42 Å². The number of aromatic amines is 1. The van der Waals surface area contributed by atoms with Crippen LogP contribution >= 0.6 is 55.9 Å². The molecule has 4 heterocycles. The zero-order valence-electron chi connectivity index (χ0n) is 18.9. The Hall–Kier alpha value is -2.10. The smallest absolute Gasteiger partial charge is 0.261 e. The SMILES string of the molecule is C.COc1cnc2[nH]cc(I)c2c1.COc1cnc2c(c1)c(I)cn2C.O=S(=O)(Cl)c1ccccc1. The number of H-pyrrole nitrogens is 1. The fraction of sp³-hybridized carbons (Fsp3) is 0.167. The highest BCUT2D eigenvalue weighted by Crippen LogP contribution is 2.24. The number of ether oxygens (including phenoxy) is 2. The molecule has 0 saturated carbocycles. The van der Waals surface area contributed by atoms with Gasteiger partial charge in [0.15, 0.2) is 0 Å². The van der Waals surface area contributed by atoms with Crippen LogP contribution in [0.2, 0.25) is 0 Å². The van der Waals surface area contributed by atoms with Gasteiger partial charge in [-0.15, -0.1) is 0 Å². The van der Waals surface area contributed by atoms with Crippen molar-refractivity contribution in [3.05, 3.63) is 74.4 Å². The number of pyridine rings is 2. The highest BCUT2D eigenvalue weighted by atomic mass is 127. The van der Waals surface area contributed by atoms with E-state index in [1.54, 1.807) is 44.8 Å². The van der Waals surface area contributed by atoms with Crippen LogP contribution in [0.25, 0.3) is 22.1 Å². The number of rotatable bonds is 3. The van der Waals surface area contributed by atoms with E-state index in [1.165, 1.54) is 15.7 Å². The van der Waals surface area contributed by atoms with Crippen molar-refractivity contribution < 1.29 is 17.9 Å². The van der Waals surface area contributed by atoms with Crippen LogP contribution in [-0.4, -0.2) is 42.2 Å². The maximum Gasteiger partial charge on any atom is 0.261 e. The van der Waals surface area contributed by atoms with Crippen molar-refractivity contribution in [3.8, 4) is 11.5 Å². The summed E-state index contributed by atoms with van der Waals surface area (Å²) in [6, 6.07) is 11.8. The molecule has 0 aliphatic carbocycles. The van der Waals surface area contributed by atoms with Gasteiger partial charge in [-0.25, -0.2) is 18.4 Å². The molecular formula is C24H25ClI2N4O4S. The first-order valence-electron chi connectivity index (χ1n) is 9.95. The Kier molecular flexibility index (Phi) is 11.3. The van der Waals surface area contributed by atoms with Gasteiger partial charge in [-0.05, 0) is 69.4 Å². The average Bonchev–Trinajstić information content (AvgIpc) is 3.37. The maximum atomic E-state index is 10.6. The summed E-state index contributed by atoms with van der Waals surface area (Å²) in [4.78, 5) is 11.7. The molecule has 5 rings (SSSR count). The molecule has 8 nitrogen and oxygen atoms in total. The van der Waals surface area contributed by atoms with Crippen molar-refractivity contribution in [2.45, 2.75) is 12.3 Å². The molecule has 5 aromatic rings. The Bertz CT molecular complexity index is 1540. The topological polar surface area (TPSA) is 99.1 Å². The minimum atomic E-state index is -3.53. The van der Waals surface area contributed by atoms with Crippen LogP contribution in [-0.2, 0) is 16.1 Å². The molecule has 0 atom stereocenters. The van der Waals surface area contributed by atoms with E-state index < -0.39 is 9.05 Å². The van der Waals surface area contributed by atoms with Crippen LogP contribution in [0, 0.1) is 7.14 Å². The monoisotopic (exact) mass is 754 g/mol. The number of halogens is 3. The van der Waals surface area contributed by atoms with Gasteiger partial charge in [-0.2, -0.15) is 0 Å². The Morgan fingerprint density at radius 1 is 0.944 bits per heavy atom. The zero-order valence-corrected chi connectivity index (χ0v) is 24.8. The molecule has 0 fully saturated rings. The molecule has 1 N–H and O–H groups in total. The van der Waals surface area contributed by atoms with E-state index in [1.807, 2.05) is 29.9 Å². The average molecular weight is 755 g/mol. The lowest BCUT2D eigenvalue weighted by Gasteiger charge is -1.99. The molecule has 0 aliphatic rings. The normalized spacial score (nSPS) is 10.5. The number of nitrogens with zero attached hydrogens (tertiary/aromatic N) is 3. The lowest BCUT2D eigenvalue weighted by atomic mass is 10.3. The van der Waals surface area contributed by atoms with Crippen LogP contribution in [0.4, 0.5) is 0 Å². The summed E-state index contributed by atoms with van der Waals surface area (Å²) in [6.45, 7) is 0. The molecule has 12 heteroatoms. The van der Waals surface area contributed by atoms with Gasteiger partial charge in [0.05, 0.1) is 31.5 Å². The van der Waals surface area contributed by atoms with Crippen molar-refractivity contribution in [3.63, 3.8) is 0 Å². The largest absolute Gasteiger partial charge is 0.495 e. The second-order valence-electron chi connectivity index (χ2n) is 6.99. The molecule has 0 unspecified atom stereocenters. The second-order valence-corrected chi connectivity index (χ2v) is 11.9. The predicted molar refractivity (Wildman–Crippen MR) is 162 cm³/mol. The van der Waals surface area contributed by atoms with E-state index in [0.717, 1.165) is 37.1 Å². The van der Waals surface area contributed by atoms with Gasteiger partial charge in [0.1, 0.15) is 22.8 Å². The van der Waals surface area contributed by atoms with Crippen LogP contribution in [0.5, 0.6) is 11.5 Å². The molecule has 192 valence electrons. The van der Waals surface area contributed by atoms with Gasteiger partial charge in [0, 0.05) is 48.0 Å². The number of nitrogens with one attached hydrogen (secondary N) is 1. The van der Waals surface area contributed by atoms with Crippen molar-refractivity contribution in [2.75, 3.05) is 14.2 Å². The third kappa shape index (κ3) is 7.70. The molecule has 0 bridgehead atoms. The van der Waals surface area contributed by atoms with Crippen molar-refractivity contribution >= 4 is 87.0 Å². The molecule has 0 saturated heterocycles. The molecule has 0 amide bonds. The summed E-state index contributed by atoms with van der Waals surface area (Å²) in [5.41, 5.74) is 1.89. The number of methoxy groups -OCH3 is 2. The molecule has 4 aromatic heterocycles. The van der Waals surface area contributed by atoms with E-state index >= 15 is 0 Å². The third-order valence-corrected chi connectivity index (χ3v) is 7.81. The minimum Gasteiger partial charge on any atom is -0.495 e. The standard InChI is InChI=1S/C9H9IN2O.C8H7IN2O.C6H5ClO2S.CH4/c1-12-5-8(10)7-3-6(13-2)4-11-9(7)12;1-12-5-2-6-7(9)4-11-8(6)10-3-5;7-10(8,9)6-4-2-1-3-5-6;/h3-5H,1-2H3;2-4H,1H3,(H,10,11);1-5H;1H4. The fourth-order valence-corrected chi connectivity index (χ4v) is 5.13. The van der Waals surface area contributed by atoms with Gasteiger partial charge in [-0.3, -0.25) is 0 Å². The van der Waals surface area contributed by atoms with Gasteiger partial charge in [0.2, 0.25) is 0 Å². The number of aromatic nitrogens is 4. The van der Waals surface area contributed by atoms with Gasteiger partial charge >= 0.3 is 0 Å². The van der Waals surface area contributed by atoms with Crippen LogP contribution in [0.3, 0.4) is 0 Å². The first-order chi connectivity index (χ1) is 16.6. The lowest BCUT2D eigenvalue weighted by Crippen LogP contribution is -1.88. The van der Waals surface area contributed by atoms with Crippen LogP contribution < -0.4 is 9.47 Å². The number of hydrogen-bond donors (Lipinski definition) is 1.